The fourth-order valence-corrected chi connectivity index (χ4v) is 11.4. The van der Waals surface area contributed by atoms with Gasteiger partial charge >= 0.3 is 0 Å². The van der Waals surface area contributed by atoms with Crippen LogP contribution in [0.1, 0.15) is 69.8 Å². The molecule has 10 aromatic rings. The average molecular weight is 829 g/mol. The number of fused-ring (bicyclic) bond motifs is 6. The van der Waals surface area contributed by atoms with Crippen LogP contribution in [0.3, 0.4) is 0 Å². The molecule has 2 atom stereocenters. The molecule has 0 saturated carbocycles. The molecular weight excluding hydrogens is 781 g/mol. The second-order valence-corrected chi connectivity index (χ2v) is 18.4. The van der Waals surface area contributed by atoms with Crippen molar-refractivity contribution in [3.8, 4) is 55.6 Å². The van der Waals surface area contributed by atoms with Gasteiger partial charge in [-0.15, -0.1) is 0 Å². The summed E-state index contributed by atoms with van der Waals surface area (Å²) in [6, 6.07) is 93.0. The van der Waals surface area contributed by atoms with Crippen molar-refractivity contribution in [3.63, 3.8) is 0 Å². The average Bonchev–Trinajstić information content (AvgIpc) is 3.80. The van der Waals surface area contributed by atoms with Gasteiger partial charge in [0.25, 0.3) is 0 Å². The fraction of sp³-hybridized carbons (Fsp3) is 0.0769. The molecule has 0 aromatic heterocycles. The van der Waals surface area contributed by atoms with Crippen molar-refractivity contribution in [1.29, 1.82) is 0 Å². The van der Waals surface area contributed by atoms with E-state index in [-0.39, 0.29) is 11.3 Å². The zero-order valence-corrected chi connectivity index (χ0v) is 36.7. The van der Waals surface area contributed by atoms with Crippen LogP contribution in [0.4, 0.5) is 0 Å². The first kappa shape index (κ1) is 38.8. The lowest BCUT2D eigenvalue weighted by Gasteiger charge is -2.34. The molecule has 0 saturated heterocycles. The van der Waals surface area contributed by atoms with Gasteiger partial charge in [-0.1, -0.05) is 250 Å². The van der Waals surface area contributed by atoms with E-state index in [2.05, 4.69) is 263 Å². The van der Waals surface area contributed by atoms with Crippen molar-refractivity contribution in [2.75, 3.05) is 0 Å². The minimum absolute atomic E-state index is 0.0403. The van der Waals surface area contributed by atoms with E-state index in [4.69, 9.17) is 0 Å². The highest BCUT2D eigenvalue weighted by molar-refractivity contribution is 5.88. The van der Waals surface area contributed by atoms with E-state index in [0.717, 1.165) is 0 Å². The predicted molar refractivity (Wildman–Crippen MR) is 271 cm³/mol. The van der Waals surface area contributed by atoms with Crippen LogP contribution in [-0.2, 0) is 10.8 Å². The minimum atomic E-state index is -0.502. The van der Waals surface area contributed by atoms with Gasteiger partial charge in [0.1, 0.15) is 0 Å². The maximum absolute atomic E-state index is 2.53. The smallest absolute Gasteiger partial charge is 0.0622 e. The topological polar surface area (TPSA) is 0 Å². The molecule has 0 radical (unpaired) electrons. The molecule has 2 aliphatic rings. The van der Waals surface area contributed by atoms with Crippen LogP contribution in [0.15, 0.2) is 249 Å². The zero-order valence-electron chi connectivity index (χ0n) is 36.7. The predicted octanol–water partition coefficient (Wildman–Crippen LogP) is 16.5. The fourth-order valence-electron chi connectivity index (χ4n) is 11.4. The van der Waals surface area contributed by atoms with Crippen molar-refractivity contribution in [1.82, 2.24) is 0 Å². The standard InChI is InChI=1S/C65H48/c1-64(2)59-29-17-15-27-54(59)56-39-34-50(43-62(56)64)63(48-33-38-53(46-21-9-4-10-22-46)57(41-48)47-23-11-5-12-24-47)49-35-40-61-58(42-49)55-28-16-18-30-60(55)65(61,51-25-13-6-14-26-51)52-36-31-45(32-37-52)44-19-7-3-8-20-44/h3-43,63H,1-2H3. The van der Waals surface area contributed by atoms with Crippen molar-refractivity contribution in [2.24, 2.45) is 0 Å². The van der Waals surface area contributed by atoms with E-state index in [1.807, 2.05) is 0 Å². The first-order valence-electron chi connectivity index (χ1n) is 22.9. The van der Waals surface area contributed by atoms with Gasteiger partial charge in [0, 0.05) is 11.3 Å². The van der Waals surface area contributed by atoms with Crippen LogP contribution >= 0.6 is 0 Å². The van der Waals surface area contributed by atoms with Gasteiger partial charge in [-0.2, -0.15) is 0 Å². The van der Waals surface area contributed by atoms with E-state index in [1.54, 1.807) is 0 Å². The molecule has 12 rings (SSSR count). The molecule has 10 aromatic carbocycles. The molecule has 65 heavy (non-hydrogen) atoms. The Balaban J connectivity index is 1.09. The summed E-state index contributed by atoms with van der Waals surface area (Å²) < 4.78 is 0. The Kier molecular flexibility index (Phi) is 9.25. The van der Waals surface area contributed by atoms with E-state index in [9.17, 15) is 0 Å². The third-order valence-corrected chi connectivity index (χ3v) is 14.5. The molecule has 0 fully saturated rings. The number of hydrogen-bond acceptors (Lipinski definition) is 0. The van der Waals surface area contributed by atoms with Crippen LogP contribution in [0.5, 0.6) is 0 Å². The Labute approximate surface area is 383 Å². The third-order valence-electron chi connectivity index (χ3n) is 14.5. The molecule has 0 aliphatic heterocycles. The first-order chi connectivity index (χ1) is 32.0. The minimum Gasteiger partial charge on any atom is -0.0622 e. The molecule has 0 heteroatoms. The largest absolute Gasteiger partial charge is 0.0713 e. The van der Waals surface area contributed by atoms with Crippen LogP contribution in [-0.4, -0.2) is 0 Å². The summed E-state index contributed by atoms with van der Waals surface area (Å²) in [5, 5.41) is 0. The molecule has 308 valence electrons. The summed E-state index contributed by atoms with van der Waals surface area (Å²) in [7, 11) is 0. The lowest BCUT2D eigenvalue weighted by atomic mass is 9.67. The van der Waals surface area contributed by atoms with Gasteiger partial charge in [0.2, 0.25) is 0 Å². The van der Waals surface area contributed by atoms with Crippen LogP contribution in [0.2, 0.25) is 0 Å². The van der Waals surface area contributed by atoms with E-state index in [1.165, 1.54) is 106 Å². The zero-order chi connectivity index (χ0) is 43.5. The van der Waals surface area contributed by atoms with Gasteiger partial charge in [-0.05, 0) is 118 Å². The molecule has 2 unspecified atom stereocenters. The lowest BCUT2D eigenvalue weighted by molar-refractivity contribution is 0.659. The van der Waals surface area contributed by atoms with E-state index >= 15 is 0 Å². The van der Waals surface area contributed by atoms with Crippen LogP contribution in [0, 0.1) is 0 Å². The molecular formula is C65H48. The Morgan fingerprint density at radius 1 is 0.262 bits per heavy atom. The highest BCUT2D eigenvalue weighted by Gasteiger charge is 2.46. The highest BCUT2D eigenvalue weighted by Crippen LogP contribution is 2.57. The Morgan fingerprint density at radius 3 is 1.32 bits per heavy atom. The molecule has 0 bridgehead atoms. The summed E-state index contributed by atoms with van der Waals surface area (Å²) >= 11 is 0. The molecule has 0 heterocycles. The monoisotopic (exact) mass is 828 g/mol. The third kappa shape index (κ3) is 6.20. The van der Waals surface area contributed by atoms with E-state index < -0.39 is 5.41 Å². The van der Waals surface area contributed by atoms with E-state index in [0.29, 0.717) is 0 Å². The molecule has 0 amide bonds. The summed E-state index contributed by atoms with van der Waals surface area (Å²) in [6.45, 7) is 4.78. The Bertz CT molecular complexity index is 3360. The second-order valence-electron chi connectivity index (χ2n) is 18.4. The van der Waals surface area contributed by atoms with Crippen molar-refractivity contribution < 1.29 is 0 Å². The van der Waals surface area contributed by atoms with Crippen molar-refractivity contribution in [3.05, 3.63) is 299 Å². The Morgan fingerprint density at radius 2 is 0.677 bits per heavy atom. The van der Waals surface area contributed by atoms with Crippen molar-refractivity contribution in [2.45, 2.75) is 30.6 Å². The Hall–Kier alpha value is -7.80. The summed E-state index contributed by atoms with van der Waals surface area (Å²) in [4.78, 5) is 0. The van der Waals surface area contributed by atoms with Gasteiger partial charge in [0.05, 0.1) is 5.41 Å². The molecule has 0 nitrogen and oxygen atoms in total. The lowest BCUT2D eigenvalue weighted by Crippen LogP contribution is -2.28. The van der Waals surface area contributed by atoms with Crippen LogP contribution < -0.4 is 0 Å². The van der Waals surface area contributed by atoms with Crippen LogP contribution in [0.25, 0.3) is 55.6 Å². The summed E-state index contributed by atoms with van der Waals surface area (Å²) in [6.07, 6.45) is 0. The number of hydrogen-bond donors (Lipinski definition) is 0. The molecule has 0 spiro atoms. The number of rotatable bonds is 8. The van der Waals surface area contributed by atoms with Crippen molar-refractivity contribution >= 4 is 0 Å². The van der Waals surface area contributed by atoms with Gasteiger partial charge < -0.3 is 0 Å². The second kappa shape index (κ2) is 15.5. The molecule has 2 aliphatic carbocycles. The van der Waals surface area contributed by atoms with Gasteiger partial charge in [-0.3, -0.25) is 0 Å². The summed E-state index contributed by atoms with van der Waals surface area (Å²) in [5.74, 6) is -0.0403. The highest BCUT2D eigenvalue weighted by atomic mass is 14.5. The maximum atomic E-state index is 2.53. The maximum Gasteiger partial charge on any atom is 0.0713 e. The summed E-state index contributed by atoms with van der Waals surface area (Å²) in [5.41, 5.74) is 23.8. The van der Waals surface area contributed by atoms with Gasteiger partial charge in [0.15, 0.2) is 0 Å². The quantitative estimate of drug-likeness (QED) is 0.134. The normalized spacial score (nSPS) is 15.7. The SMILES string of the molecule is CC1(C)c2ccccc2-c2ccc(C(c3ccc(-c4ccccc4)c(-c4ccccc4)c3)c3ccc4c(c3)-c3ccccc3C4(c3ccccc3)c3ccc(-c4ccccc4)cc3)cc21. The number of benzene rings is 10. The first-order valence-corrected chi connectivity index (χ1v) is 22.9. The molecule has 0 N–H and O–H groups in total. The van der Waals surface area contributed by atoms with Gasteiger partial charge in [-0.25, -0.2) is 0 Å².